The predicted molar refractivity (Wildman–Crippen MR) is 135 cm³/mol. The molecule has 0 unspecified atom stereocenters. The Hall–Kier alpha value is -0.560. The van der Waals surface area contributed by atoms with Crippen molar-refractivity contribution in [1.82, 2.24) is 0 Å². The Morgan fingerprint density at radius 2 is 1.65 bits per heavy atom. The predicted octanol–water partition coefficient (Wildman–Crippen LogP) is 8.87. The van der Waals surface area contributed by atoms with Gasteiger partial charge in [0.15, 0.2) is 0 Å². The molecule has 0 aliphatic heterocycles. The van der Waals surface area contributed by atoms with Crippen LogP contribution in [0.1, 0.15) is 126 Å². The Morgan fingerprint density at radius 1 is 0.968 bits per heavy atom. The number of fused-ring (bicyclic) bond motifs is 1. The molecule has 0 aromatic rings. The molecule has 0 bridgehead atoms. The monoisotopic (exact) mass is 428 g/mol. The molecule has 0 heterocycles. The zero-order valence-corrected chi connectivity index (χ0v) is 21.9. The SMILES string of the molecule is C=C1CCCC(C)(C)[C@@H]1CC/C(C)=C/CC[C@@H]1[C@@]2(C)CCCC(C)(C)[C@@H]2CC[C@@]1(C)O. The van der Waals surface area contributed by atoms with Crippen molar-refractivity contribution in [2.75, 3.05) is 0 Å². The van der Waals surface area contributed by atoms with E-state index in [2.05, 4.69) is 61.1 Å². The third-order valence-electron chi connectivity index (χ3n) is 10.3. The van der Waals surface area contributed by atoms with Crippen molar-refractivity contribution in [3.8, 4) is 0 Å². The van der Waals surface area contributed by atoms with Crippen molar-refractivity contribution in [2.24, 2.45) is 34.0 Å². The van der Waals surface area contributed by atoms with E-state index in [9.17, 15) is 5.11 Å². The van der Waals surface area contributed by atoms with E-state index in [1.165, 1.54) is 68.9 Å². The smallest absolute Gasteiger partial charge is 0.0653 e. The Balaban J connectivity index is 1.62. The molecule has 3 saturated carbocycles. The standard InChI is InChI=1S/C30H52O/c1-22(15-16-24-23(2)13-10-18-27(24,3)4)12-9-14-26-29(7)20-11-19-28(5,6)25(29)17-21-30(26,8)31/h12,24-26,31H,2,9-11,13-21H2,1,3-8H3/b22-12+/t24-,25+,26-,29+,30-/m1/s1. The fourth-order valence-electron chi connectivity index (χ4n) is 8.50. The molecule has 0 aromatic carbocycles. The van der Waals surface area contributed by atoms with Crippen LogP contribution in [0.5, 0.6) is 0 Å². The van der Waals surface area contributed by atoms with E-state index >= 15 is 0 Å². The van der Waals surface area contributed by atoms with Crippen molar-refractivity contribution < 1.29 is 5.11 Å². The third-order valence-corrected chi connectivity index (χ3v) is 10.3. The van der Waals surface area contributed by atoms with Gasteiger partial charge in [0.05, 0.1) is 5.60 Å². The molecule has 178 valence electrons. The van der Waals surface area contributed by atoms with E-state index in [1.807, 2.05) is 0 Å². The topological polar surface area (TPSA) is 20.2 Å². The number of rotatable bonds is 6. The zero-order chi connectivity index (χ0) is 23.1. The van der Waals surface area contributed by atoms with Gasteiger partial charge >= 0.3 is 0 Å². The lowest BCUT2D eigenvalue weighted by Crippen LogP contribution is -2.57. The number of hydrogen-bond acceptors (Lipinski definition) is 1. The number of allylic oxidation sites excluding steroid dienone is 3. The van der Waals surface area contributed by atoms with Gasteiger partial charge in [0, 0.05) is 0 Å². The first-order chi connectivity index (χ1) is 14.3. The van der Waals surface area contributed by atoms with Crippen molar-refractivity contribution in [3.05, 3.63) is 23.8 Å². The lowest BCUT2D eigenvalue weighted by atomic mass is 9.45. The highest BCUT2D eigenvalue weighted by Gasteiger charge is 2.57. The van der Waals surface area contributed by atoms with Crippen molar-refractivity contribution >= 4 is 0 Å². The summed E-state index contributed by atoms with van der Waals surface area (Å²) in [4.78, 5) is 0. The van der Waals surface area contributed by atoms with Crippen LogP contribution in [-0.2, 0) is 0 Å². The Labute approximate surface area is 194 Å². The summed E-state index contributed by atoms with van der Waals surface area (Å²) in [5.74, 6) is 1.84. The Kier molecular flexibility index (Phi) is 7.28. The van der Waals surface area contributed by atoms with E-state index in [4.69, 9.17) is 0 Å². The fraction of sp³-hybridized carbons (Fsp3) is 0.867. The highest BCUT2D eigenvalue weighted by molar-refractivity contribution is 5.12. The average molecular weight is 429 g/mol. The van der Waals surface area contributed by atoms with Crippen molar-refractivity contribution in [2.45, 2.75) is 131 Å². The normalized spacial score (nSPS) is 40.5. The second-order valence-corrected chi connectivity index (χ2v) is 13.6. The quantitative estimate of drug-likeness (QED) is 0.419. The van der Waals surface area contributed by atoms with Gasteiger partial charge in [-0.1, -0.05) is 64.8 Å². The molecule has 0 spiro atoms. The van der Waals surface area contributed by atoms with Gasteiger partial charge in [0.25, 0.3) is 0 Å². The molecule has 0 saturated heterocycles. The first-order valence-electron chi connectivity index (χ1n) is 13.4. The maximum Gasteiger partial charge on any atom is 0.0653 e. The van der Waals surface area contributed by atoms with Gasteiger partial charge < -0.3 is 5.11 Å². The van der Waals surface area contributed by atoms with Gasteiger partial charge in [0.2, 0.25) is 0 Å². The summed E-state index contributed by atoms with van der Waals surface area (Å²) in [7, 11) is 0. The van der Waals surface area contributed by atoms with E-state index < -0.39 is 5.60 Å². The Bertz CT molecular complexity index is 679. The van der Waals surface area contributed by atoms with E-state index in [0.29, 0.717) is 22.7 Å². The van der Waals surface area contributed by atoms with Gasteiger partial charge in [-0.15, -0.1) is 0 Å². The van der Waals surface area contributed by atoms with Crippen LogP contribution in [0.15, 0.2) is 23.8 Å². The minimum atomic E-state index is -0.510. The van der Waals surface area contributed by atoms with Crippen LogP contribution in [0.25, 0.3) is 0 Å². The second kappa shape index (κ2) is 9.00. The molecule has 1 heteroatoms. The fourth-order valence-corrected chi connectivity index (χ4v) is 8.50. The molecule has 31 heavy (non-hydrogen) atoms. The van der Waals surface area contributed by atoms with Crippen molar-refractivity contribution in [3.63, 3.8) is 0 Å². The number of hydrogen-bond donors (Lipinski definition) is 1. The zero-order valence-electron chi connectivity index (χ0n) is 21.9. The summed E-state index contributed by atoms with van der Waals surface area (Å²) in [5, 5.41) is 11.4. The molecule has 3 aliphatic carbocycles. The highest BCUT2D eigenvalue weighted by Crippen LogP contribution is 2.62. The Morgan fingerprint density at radius 3 is 2.32 bits per heavy atom. The van der Waals surface area contributed by atoms with Gasteiger partial charge in [0.1, 0.15) is 0 Å². The first-order valence-corrected chi connectivity index (χ1v) is 13.4. The van der Waals surface area contributed by atoms with Crippen LogP contribution < -0.4 is 0 Å². The summed E-state index contributed by atoms with van der Waals surface area (Å²) < 4.78 is 0. The molecule has 1 nitrogen and oxygen atoms in total. The molecule has 3 rings (SSSR count). The molecule has 1 N–H and O–H groups in total. The second-order valence-electron chi connectivity index (χ2n) is 13.6. The summed E-state index contributed by atoms with van der Waals surface area (Å²) in [5.41, 5.74) is 3.63. The molecule has 0 radical (unpaired) electrons. The first kappa shape index (κ1) is 25.1. The van der Waals surface area contributed by atoms with Crippen LogP contribution in [0.4, 0.5) is 0 Å². The molecule has 3 aliphatic rings. The van der Waals surface area contributed by atoms with Crippen LogP contribution in [0.2, 0.25) is 0 Å². The molecule has 0 amide bonds. The van der Waals surface area contributed by atoms with Gasteiger partial charge in [-0.2, -0.15) is 0 Å². The maximum absolute atomic E-state index is 11.4. The lowest BCUT2D eigenvalue weighted by Gasteiger charge is -2.61. The van der Waals surface area contributed by atoms with E-state index in [-0.39, 0.29) is 5.41 Å². The van der Waals surface area contributed by atoms with Gasteiger partial charge in [-0.3, -0.25) is 0 Å². The van der Waals surface area contributed by atoms with Crippen LogP contribution >= 0.6 is 0 Å². The molecular formula is C30H52O. The van der Waals surface area contributed by atoms with Crippen molar-refractivity contribution in [1.29, 1.82) is 0 Å². The summed E-state index contributed by atoms with van der Waals surface area (Å²) >= 11 is 0. The lowest BCUT2D eigenvalue weighted by molar-refractivity contribution is -0.168. The minimum absolute atomic E-state index is 0.287. The van der Waals surface area contributed by atoms with Gasteiger partial charge in [-0.25, -0.2) is 0 Å². The number of aliphatic hydroxyl groups is 1. The van der Waals surface area contributed by atoms with Crippen LogP contribution in [0.3, 0.4) is 0 Å². The molecular weight excluding hydrogens is 376 g/mol. The molecule has 5 atom stereocenters. The van der Waals surface area contributed by atoms with E-state index in [1.54, 1.807) is 0 Å². The van der Waals surface area contributed by atoms with Gasteiger partial charge in [-0.05, 0) is 118 Å². The van der Waals surface area contributed by atoms with Crippen LogP contribution in [0, 0.1) is 34.0 Å². The summed E-state index contributed by atoms with van der Waals surface area (Å²) in [6, 6.07) is 0. The summed E-state index contributed by atoms with van der Waals surface area (Å²) in [6.45, 7) is 21.2. The maximum atomic E-state index is 11.4. The average Bonchev–Trinajstić information content (AvgIpc) is 2.62. The highest BCUT2D eigenvalue weighted by atomic mass is 16.3. The molecule has 3 fully saturated rings. The molecule has 0 aromatic heterocycles. The minimum Gasteiger partial charge on any atom is -0.390 e. The van der Waals surface area contributed by atoms with E-state index in [0.717, 1.165) is 25.2 Å². The summed E-state index contributed by atoms with van der Waals surface area (Å²) in [6.07, 6.45) is 17.2. The third kappa shape index (κ3) is 5.18. The van der Waals surface area contributed by atoms with Crippen LogP contribution in [-0.4, -0.2) is 10.7 Å². The largest absolute Gasteiger partial charge is 0.390 e.